The zero-order valence-electron chi connectivity index (χ0n) is 13.5. The van der Waals surface area contributed by atoms with Crippen LogP contribution >= 0.6 is 11.6 Å². The van der Waals surface area contributed by atoms with Gasteiger partial charge in [0.05, 0.1) is 38.6 Å². The minimum Gasteiger partial charge on any atom is -0.276 e. The Hall–Kier alpha value is -2.91. The third-order valence-electron chi connectivity index (χ3n) is 3.59. The lowest BCUT2D eigenvalue weighted by molar-refractivity contribution is -0.385. The van der Waals surface area contributed by atoms with Gasteiger partial charge in [0, 0.05) is 12.1 Å². The Bertz CT molecular complexity index is 1100. The Kier molecular flexibility index (Phi) is 4.66. The van der Waals surface area contributed by atoms with Gasteiger partial charge in [-0.15, -0.1) is 0 Å². The summed E-state index contributed by atoms with van der Waals surface area (Å²) in [5.74, 6) is 0. The number of nitro benzene ring substituents is 1. The van der Waals surface area contributed by atoms with Gasteiger partial charge in [-0.25, -0.2) is 13.1 Å². The maximum Gasteiger partial charge on any atom is 0.269 e. The predicted octanol–water partition coefficient (Wildman–Crippen LogP) is 3.54. The number of benzene rings is 2. The van der Waals surface area contributed by atoms with E-state index in [-0.39, 0.29) is 21.8 Å². The molecule has 0 unspecified atom stereocenters. The van der Waals surface area contributed by atoms with Crippen LogP contribution in [0.15, 0.2) is 59.8 Å². The molecule has 0 aliphatic heterocycles. The van der Waals surface area contributed by atoms with E-state index in [4.69, 9.17) is 11.6 Å². The molecule has 0 bridgehead atoms. The van der Waals surface area contributed by atoms with E-state index in [0.29, 0.717) is 10.7 Å². The van der Waals surface area contributed by atoms with Gasteiger partial charge in [-0.05, 0) is 30.7 Å². The van der Waals surface area contributed by atoms with Crippen LogP contribution in [0.25, 0.3) is 5.69 Å². The number of nitro groups is 1. The van der Waals surface area contributed by atoms with Crippen molar-refractivity contribution in [3.05, 3.63) is 75.6 Å². The van der Waals surface area contributed by atoms with Crippen molar-refractivity contribution < 1.29 is 13.3 Å². The normalized spacial score (nSPS) is 11.3. The maximum atomic E-state index is 12.6. The number of para-hydroxylation sites is 1. The molecule has 0 aliphatic carbocycles. The van der Waals surface area contributed by atoms with Crippen LogP contribution in [-0.4, -0.2) is 23.1 Å². The van der Waals surface area contributed by atoms with E-state index in [1.807, 2.05) is 0 Å². The standard InChI is InChI=1S/C16H13ClN4O4S/c1-11-8-13(21(22)23)6-7-16(11)26(24,25)19-12-9-18-20(10-12)15-5-3-2-4-14(15)17/h2-10,19H,1H3. The molecule has 0 radical (unpaired) electrons. The second kappa shape index (κ2) is 6.77. The van der Waals surface area contributed by atoms with Crippen molar-refractivity contribution in [3.8, 4) is 5.69 Å². The minimum atomic E-state index is -3.92. The van der Waals surface area contributed by atoms with Crippen LogP contribution in [0.4, 0.5) is 11.4 Å². The van der Waals surface area contributed by atoms with Crippen LogP contribution in [-0.2, 0) is 10.0 Å². The van der Waals surface area contributed by atoms with Crippen LogP contribution in [0, 0.1) is 17.0 Å². The molecular formula is C16H13ClN4O4S. The largest absolute Gasteiger partial charge is 0.276 e. The van der Waals surface area contributed by atoms with Crippen molar-refractivity contribution in [3.63, 3.8) is 0 Å². The molecule has 0 fully saturated rings. The van der Waals surface area contributed by atoms with Crippen LogP contribution in [0.1, 0.15) is 5.56 Å². The molecule has 26 heavy (non-hydrogen) atoms. The van der Waals surface area contributed by atoms with Crippen molar-refractivity contribution in [2.45, 2.75) is 11.8 Å². The van der Waals surface area contributed by atoms with Gasteiger partial charge in [-0.3, -0.25) is 14.8 Å². The summed E-state index contributed by atoms with van der Waals surface area (Å²) in [6, 6.07) is 10.6. The van der Waals surface area contributed by atoms with Gasteiger partial charge in [0.2, 0.25) is 0 Å². The van der Waals surface area contributed by atoms with E-state index in [2.05, 4.69) is 9.82 Å². The Morgan fingerprint density at radius 3 is 2.62 bits per heavy atom. The summed E-state index contributed by atoms with van der Waals surface area (Å²) in [6.07, 6.45) is 2.83. The molecule has 0 amide bonds. The second-order valence-corrected chi connectivity index (χ2v) is 7.50. The highest BCUT2D eigenvalue weighted by Crippen LogP contribution is 2.25. The third-order valence-corrected chi connectivity index (χ3v) is 5.45. The van der Waals surface area contributed by atoms with Gasteiger partial charge in [0.15, 0.2) is 0 Å². The zero-order valence-corrected chi connectivity index (χ0v) is 15.0. The smallest absolute Gasteiger partial charge is 0.269 e. The third kappa shape index (κ3) is 3.53. The highest BCUT2D eigenvalue weighted by Gasteiger charge is 2.20. The summed E-state index contributed by atoms with van der Waals surface area (Å²) in [6.45, 7) is 1.49. The molecule has 0 saturated heterocycles. The van der Waals surface area contributed by atoms with Gasteiger partial charge < -0.3 is 0 Å². The number of nitrogens with zero attached hydrogens (tertiary/aromatic N) is 3. The van der Waals surface area contributed by atoms with E-state index >= 15 is 0 Å². The van der Waals surface area contributed by atoms with E-state index in [9.17, 15) is 18.5 Å². The fourth-order valence-corrected chi connectivity index (χ4v) is 3.88. The number of aryl methyl sites for hydroxylation is 1. The Balaban J connectivity index is 1.89. The molecule has 3 aromatic rings. The number of hydrogen-bond acceptors (Lipinski definition) is 5. The number of nitrogens with one attached hydrogen (secondary N) is 1. The molecule has 0 aliphatic rings. The molecule has 1 heterocycles. The van der Waals surface area contributed by atoms with Crippen molar-refractivity contribution in [2.24, 2.45) is 0 Å². The van der Waals surface area contributed by atoms with Crippen molar-refractivity contribution >= 4 is 33.0 Å². The fraction of sp³-hybridized carbons (Fsp3) is 0.0625. The Labute approximate surface area is 154 Å². The Morgan fingerprint density at radius 2 is 1.96 bits per heavy atom. The average Bonchev–Trinajstić information content (AvgIpc) is 3.02. The SMILES string of the molecule is Cc1cc([N+](=O)[O-])ccc1S(=O)(=O)Nc1cnn(-c2ccccc2Cl)c1. The quantitative estimate of drug-likeness (QED) is 0.527. The first-order valence-electron chi connectivity index (χ1n) is 7.35. The molecule has 134 valence electrons. The van der Waals surface area contributed by atoms with Crippen molar-refractivity contribution in [1.82, 2.24) is 9.78 Å². The van der Waals surface area contributed by atoms with E-state index in [1.165, 1.54) is 36.1 Å². The lowest BCUT2D eigenvalue weighted by Gasteiger charge is -2.08. The molecule has 10 heteroatoms. The van der Waals surface area contributed by atoms with Gasteiger partial charge in [0.25, 0.3) is 15.7 Å². The first kappa shape index (κ1) is 17.9. The monoisotopic (exact) mass is 392 g/mol. The Morgan fingerprint density at radius 1 is 1.23 bits per heavy atom. The van der Waals surface area contributed by atoms with Crippen molar-refractivity contribution in [1.29, 1.82) is 0 Å². The number of aromatic nitrogens is 2. The molecule has 1 N–H and O–H groups in total. The number of sulfonamides is 1. The summed E-state index contributed by atoms with van der Waals surface area (Å²) in [4.78, 5) is 10.2. The molecule has 0 saturated carbocycles. The van der Waals surface area contributed by atoms with Gasteiger partial charge >= 0.3 is 0 Å². The minimum absolute atomic E-state index is 0.0476. The number of non-ortho nitro benzene ring substituents is 1. The number of halogens is 1. The average molecular weight is 393 g/mol. The highest BCUT2D eigenvalue weighted by molar-refractivity contribution is 7.92. The molecule has 0 spiro atoms. The molecule has 0 atom stereocenters. The van der Waals surface area contributed by atoms with E-state index in [0.717, 1.165) is 6.07 Å². The van der Waals surface area contributed by atoms with Gasteiger partial charge in [0.1, 0.15) is 0 Å². The first-order valence-corrected chi connectivity index (χ1v) is 9.21. The molecule has 1 aromatic heterocycles. The fourth-order valence-electron chi connectivity index (χ4n) is 2.40. The first-order chi connectivity index (χ1) is 12.3. The van der Waals surface area contributed by atoms with Crippen LogP contribution < -0.4 is 4.72 Å². The molecule has 8 nitrogen and oxygen atoms in total. The lowest BCUT2D eigenvalue weighted by atomic mass is 10.2. The molecule has 3 rings (SSSR count). The molecule has 2 aromatic carbocycles. The summed E-state index contributed by atoms with van der Waals surface area (Å²) < 4.78 is 29.0. The second-order valence-electron chi connectivity index (χ2n) is 5.44. The van der Waals surface area contributed by atoms with Gasteiger partial charge in [-0.1, -0.05) is 23.7 Å². The predicted molar refractivity (Wildman–Crippen MR) is 97.2 cm³/mol. The topological polar surface area (TPSA) is 107 Å². The van der Waals surface area contributed by atoms with Crippen LogP contribution in [0.3, 0.4) is 0 Å². The van der Waals surface area contributed by atoms with Crippen LogP contribution in [0.5, 0.6) is 0 Å². The summed E-state index contributed by atoms with van der Waals surface area (Å²) in [7, 11) is -3.92. The molecular weight excluding hydrogens is 380 g/mol. The summed E-state index contributed by atoms with van der Waals surface area (Å²) in [5.41, 5.74) is 0.937. The highest BCUT2D eigenvalue weighted by atomic mass is 35.5. The van der Waals surface area contributed by atoms with Gasteiger partial charge in [-0.2, -0.15) is 5.10 Å². The number of rotatable bonds is 5. The lowest BCUT2D eigenvalue weighted by Crippen LogP contribution is -2.14. The van der Waals surface area contributed by atoms with E-state index < -0.39 is 14.9 Å². The number of anilines is 1. The summed E-state index contributed by atoms with van der Waals surface area (Å²) >= 11 is 6.10. The maximum absolute atomic E-state index is 12.6. The van der Waals surface area contributed by atoms with Crippen molar-refractivity contribution in [2.75, 3.05) is 4.72 Å². The van der Waals surface area contributed by atoms with Crippen LogP contribution in [0.2, 0.25) is 5.02 Å². The number of hydrogen-bond donors (Lipinski definition) is 1. The van der Waals surface area contributed by atoms with E-state index in [1.54, 1.807) is 24.3 Å². The zero-order chi connectivity index (χ0) is 18.9. The summed E-state index contributed by atoms with van der Waals surface area (Å²) in [5, 5.41) is 15.4.